The zero-order valence-electron chi connectivity index (χ0n) is 40.5. The van der Waals surface area contributed by atoms with Crippen molar-refractivity contribution in [2.45, 2.75) is 96.8 Å². The first kappa shape index (κ1) is 40.5. The third kappa shape index (κ3) is 5.54. The number of hydrogen-bond donors (Lipinski definition) is 1. The second-order valence-corrected chi connectivity index (χ2v) is 24.2. The normalized spacial score (nSPS) is 16.4. The molecule has 3 aromatic heterocycles. The molecule has 0 atom stereocenters. The monoisotopic (exact) mass is 897 g/mol. The SMILES string of the molecule is CC(C)(C)c1ccc(Nc2cc3c(cc2-c2ccc4c5cc6sc7ccccc7c6cc5n5c4c2[B]c2cc4c(cc2-5)oc2ccccc24)-c2cc4c(cc2C3(C)C)C(C)(C)CCC4(C)C)cc1. The molecule has 2 aliphatic carbocycles. The van der Waals surface area contributed by atoms with Gasteiger partial charge in [-0.2, -0.15) is 0 Å². The molecule has 0 spiro atoms. The number of fused-ring (bicyclic) bond motifs is 15. The van der Waals surface area contributed by atoms with Crippen molar-refractivity contribution in [2.24, 2.45) is 0 Å². The van der Waals surface area contributed by atoms with E-state index in [4.69, 9.17) is 4.42 Å². The van der Waals surface area contributed by atoms with Crippen molar-refractivity contribution in [3.8, 4) is 27.9 Å². The maximum absolute atomic E-state index is 6.61. The van der Waals surface area contributed by atoms with Crippen molar-refractivity contribution in [1.82, 2.24) is 4.57 Å². The number of hydrogen-bond acceptors (Lipinski definition) is 3. The van der Waals surface area contributed by atoms with Crippen LogP contribution in [0.15, 0.2) is 138 Å². The number of aromatic nitrogens is 1. The summed E-state index contributed by atoms with van der Waals surface area (Å²) in [6, 6.07) is 51.1. The first-order valence-corrected chi connectivity index (χ1v) is 25.3. The number of anilines is 2. The molecule has 1 radical (unpaired) electrons. The third-order valence-corrected chi connectivity index (χ3v) is 17.8. The van der Waals surface area contributed by atoms with E-state index in [1.165, 1.54) is 116 Å². The van der Waals surface area contributed by atoms with E-state index in [1.807, 2.05) is 11.3 Å². The minimum Gasteiger partial charge on any atom is -0.456 e. The van der Waals surface area contributed by atoms with Crippen molar-refractivity contribution in [3.63, 3.8) is 0 Å². The Morgan fingerprint density at radius 3 is 2.04 bits per heavy atom. The molecule has 1 N–H and O–H groups in total. The number of furan rings is 1. The molecular formula is C63H54BN2OS. The molecule has 331 valence electrons. The summed E-state index contributed by atoms with van der Waals surface area (Å²) in [5.41, 5.74) is 22.5. The van der Waals surface area contributed by atoms with Crippen LogP contribution in [0.25, 0.3) is 91.9 Å². The van der Waals surface area contributed by atoms with Crippen LogP contribution in [0.3, 0.4) is 0 Å². The number of nitrogens with one attached hydrogen (secondary N) is 1. The van der Waals surface area contributed by atoms with Crippen LogP contribution in [-0.2, 0) is 21.7 Å². The van der Waals surface area contributed by atoms with Crippen LogP contribution in [0.2, 0.25) is 0 Å². The van der Waals surface area contributed by atoms with Gasteiger partial charge in [0.05, 0.1) is 5.52 Å². The summed E-state index contributed by atoms with van der Waals surface area (Å²) in [5, 5.41) is 11.5. The van der Waals surface area contributed by atoms with Crippen LogP contribution in [0.5, 0.6) is 0 Å². The van der Waals surface area contributed by atoms with Crippen LogP contribution < -0.4 is 16.2 Å². The fourth-order valence-electron chi connectivity index (χ4n) is 12.6. The van der Waals surface area contributed by atoms with Gasteiger partial charge < -0.3 is 14.3 Å². The van der Waals surface area contributed by atoms with E-state index in [2.05, 4.69) is 213 Å². The molecule has 3 aliphatic rings. The van der Waals surface area contributed by atoms with Gasteiger partial charge in [-0.15, -0.1) is 11.3 Å². The van der Waals surface area contributed by atoms with Gasteiger partial charge in [0.1, 0.15) is 11.2 Å². The van der Waals surface area contributed by atoms with Gasteiger partial charge in [0.25, 0.3) is 0 Å². The molecule has 5 heteroatoms. The maximum atomic E-state index is 6.61. The van der Waals surface area contributed by atoms with Crippen molar-refractivity contribution < 1.29 is 4.42 Å². The highest BCUT2D eigenvalue weighted by molar-refractivity contribution is 7.25. The van der Waals surface area contributed by atoms with E-state index in [-0.39, 0.29) is 21.7 Å². The molecule has 14 rings (SSSR count). The van der Waals surface area contributed by atoms with Crippen molar-refractivity contribution in [3.05, 3.63) is 161 Å². The summed E-state index contributed by atoms with van der Waals surface area (Å²) < 4.78 is 11.8. The van der Waals surface area contributed by atoms with Crippen LogP contribution in [-0.4, -0.2) is 11.8 Å². The summed E-state index contributed by atoms with van der Waals surface area (Å²) in [5.74, 6) is 0. The average molecular weight is 898 g/mol. The molecular weight excluding hydrogens is 844 g/mol. The van der Waals surface area contributed by atoms with Gasteiger partial charge >= 0.3 is 0 Å². The minimum atomic E-state index is -0.187. The van der Waals surface area contributed by atoms with E-state index >= 15 is 0 Å². The van der Waals surface area contributed by atoms with Crippen molar-refractivity contribution in [1.29, 1.82) is 0 Å². The van der Waals surface area contributed by atoms with Crippen molar-refractivity contribution in [2.75, 3.05) is 5.32 Å². The van der Waals surface area contributed by atoms with Gasteiger partial charge in [0.2, 0.25) is 0 Å². The Kier molecular flexibility index (Phi) is 7.96. The van der Waals surface area contributed by atoms with Gasteiger partial charge in [-0.25, -0.2) is 0 Å². The maximum Gasteiger partial charge on any atom is 0.197 e. The standard InChI is InChI=1S/C63H54BN2OS/c1-60(2,3)34-18-20-35(21-19-34)65-51-32-47-40(41-27-48-49(31-46(41)63(47,8)9)62(6,7)25-24-61(48,4)5)26-42(51)38-22-23-39-43-30-57-45(37-15-11-13-17-56(37)68-57)29-52(43)66-53-33-55-44(28-50(53)64-58(38)59(39)66)36-14-10-12-16-54(36)67-55/h10-23,26-33,65H,24-25H2,1-9H3. The molecule has 0 unspecified atom stereocenters. The van der Waals surface area contributed by atoms with Gasteiger partial charge in [0.15, 0.2) is 7.28 Å². The molecule has 3 nitrogen and oxygen atoms in total. The van der Waals surface area contributed by atoms with E-state index in [9.17, 15) is 0 Å². The Morgan fingerprint density at radius 2 is 1.26 bits per heavy atom. The summed E-state index contributed by atoms with van der Waals surface area (Å²) >= 11 is 1.89. The van der Waals surface area contributed by atoms with Gasteiger partial charge in [-0.3, -0.25) is 0 Å². The molecule has 8 aromatic carbocycles. The lowest BCUT2D eigenvalue weighted by Crippen LogP contribution is -2.37. The highest BCUT2D eigenvalue weighted by Crippen LogP contribution is 2.56. The predicted molar refractivity (Wildman–Crippen MR) is 293 cm³/mol. The Morgan fingerprint density at radius 1 is 0.559 bits per heavy atom. The fraction of sp³-hybridized carbons (Fsp3) is 0.238. The molecule has 4 heterocycles. The number of nitrogens with zero attached hydrogens (tertiary/aromatic N) is 1. The summed E-state index contributed by atoms with van der Waals surface area (Å²) in [6.07, 6.45) is 2.39. The molecule has 0 saturated heterocycles. The number of rotatable bonds is 3. The quantitative estimate of drug-likeness (QED) is 0.179. The van der Waals surface area contributed by atoms with Gasteiger partial charge in [-0.05, 0) is 134 Å². The topological polar surface area (TPSA) is 30.1 Å². The molecule has 0 bridgehead atoms. The van der Waals surface area contributed by atoms with Crippen molar-refractivity contribution >= 4 is 105 Å². The zero-order valence-corrected chi connectivity index (χ0v) is 41.3. The Hall–Kier alpha value is -6.56. The molecule has 0 fully saturated rings. The fourth-order valence-corrected chi connectivity index (χ4v) is 13.7. The second kappa shape index (κ2) is 13.4. The van der Waals surface area contributed by atoms with Crippen LogP contribution in [0.1, 0.15) is 103 Å². The summed E-state index contributed by atoms with van der Waals surface area (Å²) in [6.45, 7) is 21.6. The van der Waals surface area contributed by atoms with E-state index in [1.54, 1.807) is 0 Å². The number of thiophene rings is 1. The van der Waals surface area contributed by atoms with Gasteiger partial charge in [0, 0.05) is 81.3 Å². The first-order chi connectivity index (χ1) is 32.5. The van der Waals surface area contributed by atoms with Crippen LogP contribution in [0, 0.1) is 0 Å². The molecule has 0 saturated carbocycles. The highest BCUT2D eigenvalue weighted by atomic mass is 32.1. The lowest BCUT2D eigenvalue weighted by molar-refractivity contribution is 0.331. The molecule has 1 aliphatic heterocycles. The molecule has 11 aromatic rings. The lowest BCUT2D eigenvalue weighted by atomic mass is 9.59. The van der Waals surface area contributed by atoms with E-state index in [0.717, 1.165) is 39.0 Å². The van der Waals surface area contributed by atoms with Crippen LogP contribution >= 0.6 is 11.3 Å². The Bertz CT molecular complexity index is 4030. The van der Waals surface area contributed by atoms with Crippen LogP contribution in [0.4, 0.5) is 11.4 Å². The van der Waals surface area contributed by atoms with E-state index < -0.39 is 0 Å². The first-order valence-electron chi connectivity index (χ1n) is 24.5. The highest BCUT2D eigenvalue weighted by Gasteiger charge is 2.43. The predicted octanol–water partition coefficient (Wildman–Crippen LogP) is 16.4. The van der Waals surface area contributed by atoms with Gasteiger partial charge in [-0.1, -0.05) is 141 Å². The molecule has 0 amide bonds. The zero-order chi connectivity index (χ0) is 46.4. The lowest BCUT2D eigenvalue weighted by Gasteiger charge is -2.42. The average Bonchev–Trinajstić information content (AvgIpc) is 4.02. The largest absolute Gasteiger partial charge is 0.456 e. The third-order valence-electron chi connectivity index (χ3n) is 16.6. The molecule has 68 heavy (non-hydrogen) atoms. The smallest absolute Gasteiger partial charge is 0.197 e. The summed E-state index contributed by atoms with van der Waals surface area (Å²) in [4.78, 5) is 0. The summed E-state index contributed by atoms with van der Waals surface area (Å²) in [7, 11) is 2.47. The second-order valence-electron chi connectivity index (χ2n) is 23.1. The Balaban J connectivity index is 1.06. The number of benzene rings is 8. The number of para-hydroxylation sites is 1. The Labute approximate surface area is 403 Å². The minimum absolute atomic E-state index is 0.0640. The van der Waals surface area contributed by atoms with E-state index in [0.29, 0.717) is 0 Å².